The van der Waals surface area contributed by atoms with Crippen LogP contribution in [0.1, 0.15) is 55.6 Å². The maximum absolute atomic E-state index is 6.08. The lowest BCUT2D eigenvalue weighted by atomic mass is 9.95. The molecule has 0 amide bonds. The van der Waals surface area contributed by atoms with Crippen molar-refractivity contribution in [3.05, 3.63) is 58.9 Å². The molecular weight excluding hydrogens is 426 g/mol. The van der Waals surface area contributed by atoms with Gasteiger partial charge in [0.15, 0.2) is 17.3 Å². The molecule has 0 bridgehead atoms. The molecule has 0 spiro atoms. The molecule has 7 nitrogen and oxygen atoms in total. The Morgan fingerprint density at radius 1 is 1.16 bits per heavy atom. The fraction of sp³-hybridized carbons (Fsp3) is 0.375. The first-order valence-corrected chi connectivity index (χ1v) is 11.1. The second-order valence-corrected chi connectivity index (χ2v) is 8.20. The summed E-state index contributed by atoms with van der Waals surface area (Å²) in [6, 6.07) is 13.3. The molecule has 1 aliphatic rings. The van der Waals surface area contributed by atoms with Crippen LogP contribution < -0.4 is 14.8 Å². The van der Waals surface area contributed by atoms with Crippen LogP contribution in [0.5, 0.6) is 11.5 Å². The van der Waals surface area contributed by atoms with E-state index in [1.54, 1.807) is 7.11 Å². The average molecular weight is 452 g/mol. The van der Waals surface area contributed by atoms with Gasteiger partial charge in [0.05, 0.1) is 13.2 Å². The first kappa shape index (κ1) is 22.0. The Bertz CT molecular complexity index is 1070. The maximum atomic E-state index is 6.08. The Hall–Kier alpha value is -3.24. The van der Waals surface area contributed by atoms with Crippen molar-refractivity contribution < 1.29 is 9.47 Å². The van der Waals surface area contributed by atoms with Crippen LogP contribution in [0.2, 0.25) is 5.02 Å². The van der Waals surface area contributed by atoms with E-state index < -0.39 is 0 Å². The van der Waals surface area contributed by atoms with Crippen molar-refractivity contribution in [1.29, 1.82) is 0 Å². The van der Waals surface area contributed by atoms with Crippen LogP contribution in [0.25, 0.3) is 0 Å². The second-order valence-electron chi connectivity index (χ2n) is 7.76. The Morgan fingerprint density at radius 2 is 1.94 bits per heavy atom. The van der Waals surface area contributed by atoms with Crippen LogP contribution in [0, 0.1) is 12.3 Å². The molecule has 1 aromatic heterocycles. The minimum absolute atomic E-state index is 0.169. The van der Waals surface area contributed by atoms with Gasteiger partial charge < -0.3 is 14.8 Å². The number of hydrogen-bond donors (Lipinski definition) is 1. The summed E-state index contributed by atoms with van der Waals surface area (Å²) in [5.41, 5.74) is 1.85. The van der Waals surface area contributed by atoms with Gasteiger partial charge in [-0.1, -0.05) is 42.9 Å². The van der Waals surface area contributed by atoms with Crippen LogP contribution in [0.4, 0.5) is 5.69 Å². The van der Waals surface area contributed by atoms with Crippen molar-refractivity contribution in [3.8, 4) is 23.8 Å². The number of halogens is 1. The number of nitrogens with zero attached hydrogens (tertiary/aromatic N) is 4. The van der Waals surface area contributed by atoms with Crippen LogP contribution in [-0.2, 0) is 0 Å². The van der Waals surface area contributed by atoms with Crippen LogP contribution in [0.15, 0.2) is 42.5 Å². The molecule has 8 heteroatoms. The van der Waals surface area contributed by atoms with E-state index in [1.165, 1.54) is 19.3 Å². The molecule has 1 N–H and O–H groups in total. The van der Waals surface area contributed by atoms with E-state index in [9.17, 15) is 0 Å². The van der Waals surface area contributed by atoms with Crippen molar-refractivity contribution in [2.45, 2.75) is 44.2 Å². The third-order valence-corrected chi connectivity index (χ3v) is 5.94. The monoisotopic (exact) mass is 451 g/mol. The minimum atomic E-state index is -0.302. The molecule has 0 saturated heterocycles. The molecule has 1 unspecified atom stereocenters. The van der Waals surface area contributed by atoms with Gasteiger partial charge in [-0.25, -0.2) is 4.68 Å². The summed E-state index contributed by atoms with van der Waals surface area (Å²) in [5, 5.41) is 17.1. The highest BCUT2D eigenvalue weighted by Crippen LogP contribution is 2.36. The first-order valence-electron chi connectivity index (χ1n) is 10.7. The molecule has 1 aliphatic carbocycles. The Kier molecular flexibility index (Phi) is 7.13. The topological polar surface area (TPSA) is 74.1 Å². The van der Waals surface area contributed by atoms with Gasteiger partial charge in [-0.2, -0.15) is 0 Å². The number of terminal acetylenes is 1. The van der Waals surface area contributed by atoms with E-state index in [2.05, 4.69) is 26.8 Å². The van der Waals surface area contributed by atoms with Gasteiger partial charge in [0, 0.05) is 10.7 Å². The van der Waals surface area contributed by atoms with E-state index >= 15 is 0 Å². The van der Waals surface area contributed by atoms with E-state index in [1.807, 2.05) is 47.1 Å². The van der Waals surface area contributed by atoms with Crippen molar-refractivity contribution in [2.75, 3.05) is 19.0 Å². The summed E-state index contributed by atoms with van der Waals surface area (Å²) >= 11 is 6.08. The number of rotatable bonds is 8. The summed E-state index contributed by atoms with van der Waals surface area (Å²) < 4.78 is 13.2. The number of hydrogen-bond acceptors (Lipinski definition) is 6. The van der Waals surface area contributed by atoms with Gasteiger partial charge >= 0.3 is 0 Å². The Morgan fingerprint density at radius 3 is 2.66 bits per heavy atom. The highest BCUT2D eigenvalue weighted by atomic mass is 35.5. The van der Waals surface area contributed by atoms with Gasteiger partial charge in [-0.05, 0) is 65.2 Å². The van der Waals surface area contributed by atoms with Gasteiger partial charge in [-0.3, -0.25) is 0 Å². The van der Waals surface area contributed by atoms with Crippen molar-refractivity contribution in [1.82, 2.24) is 20.2 Å². The van der Waals surface area contributed by atoms with E-state index in [-0.39, 0.29) is 12.6 Å². The predicted octanol–water partition coefficient (Wildman–Crippen LogP) is 5.05. The number of nitrogens with one attached hydrogen (secondary N) is 1. The lowest BCUT2D eigenvalue weighted by Gasteiger charge is -2.26. The zero-order chi connectivity index (χ0) is 22.3. The molecule has 1 atom stereocenters. The summed E-state index contributed by atoms with van der Waals surface area (Å²) in [7, 11) is 1.61. The molecule has 1 fully saturated rings. The van der Waals surface area contributed by atoms with Crippen molar-refractivity contribution in [3.63, 3.8) is 0 Å². The molecule has 1 saturated carbocycles. The fourth-order valence-corrected chi connectivity index (χ4v) is 4.21. The van der Waals surface area contributed by atoms with E-state index in [0.29, 0.717) is 22.6 Å². The SMILES string of the molecule is C#CCOc1ccc(C(Nc2ccc(Cl)cc2)c2nnnn2C2CCCCC2)cc1OC. The van der Waals surface area contributed by atoms with Crippen LogP contribution in [-0.4, -0.2) is 33.9 Å². The second kappa shape index (κ2) is 10.4. The highest BCUT2D eigenvalue weighted by Gasteiger charge is 2.27. The molecule has 3 aromatic rings. The lowest BCUT2D eigenvalue weighted by molar-refractivity contribution is 0.315. The molecule has 32 heavy (non-hydrogen) atoms. The standard InChI is InChI=1S/C24H26ClN5O2/c1-3-15-32-21-14-9-17(16-22(21)31-2)23(26-19-12-10-18(25)11-13-19)24-27-28-29-30(24)20-7-5-4-6-8-20/h1,9-14,16,20,23,26H,4-8,15H2,2H3. The number of benzene rings is 2. The first-order chi connectivity index (χ1) is 15.7. The zero-order valence-corrected chi connectivity index (χ0v) is 18.8. The predicted molar refractivity (Wildman–Crippen MR) is 124 cm³/mol. The smallest absolute Gasteiger partial charge is 0.178 e. The fourth-order valence-electron chi connectivity index (χ4n) is 4.09. The molecule has 0 radical (unpaired) electrons. The zero-order valence-electron chi connectivity index (χ0n) is 18.0. The Balaban J connectivity index is 1.73. The normalized spacial score (nSPS) is 15.0. The van der Waals surface area contributed by atoms with Gasteiger partial charge in [-0.15, -0.1) is 11.5 Å². The summed E-state index contributed by atoms with van der Waals surface area (Å²) in [6.45, 7) is 0.169. The van der Waals surface area contributed by atoms with Crippen molar-refractivity contribution >= 4 is 17.3 Å². The average Bonchev–Trinajstić information content (AvgIpc) is 3.32. The quantitative estimate of drug-likeness (QED) is 0.483. The number of anilines is 1. The molecule has 1 heterocycles. The largest absolute Gasteiger partial charge is 0.493 e. The lowest BCUT2D eigenvalue weighted by Crippen LogP contribution is -2.23. The molecule has 2 aromatic carbocycles. The number of methoxy groups -OCH3 is 1. The van der Waals surface area contributed by atoms with E-state index in [4.69, 9.17) is 27.5 Å². The summed E-state index contributed by atoms with van der Waals surface area (Å²) in [6.07, 6.45) is 11.1. The third kappa shape index (κ3) is 4.97. The molecule has 166 valence electrons. The highest BCUT2D eigenvalue weighted by molar-refractivity contribution is 6.30. The molecular formula is C24H26ClN5O2. The van der Waals surface area contributed by atoms with Gasteiger partial charge in [0.1, 0.15) is 12.6 Å². The van der Waals surface area contributed by atoms with Crippen LogP contribution >= 0.6 is 11.6 Å². The summed E-state index contributed by atoms with van der Waals surface area (Å²) in [5.74, 6) is 4.42. The molecule has 4 rings (SSSR count). The van der Waals surface area contributed by atoms with Crippen molar-refractivity contribution in [2.24, 2.45) is 0 Å². The van der Waals surface area contributed by atoms with E-state index in [0.717, 1.165) is 29.9 Å². The third-order valence-electron chi connectivity index (χ3n) is 5.68. The number of aromatic nitrogens is 4. The van der Waals surface area contributed by atoms with Crippen LogP contribution in [0.3, 0.4) is 0 Å². The minimum Gasteiger partial charge on any atom is -0.493 e. The number of tetrazole rings is 1. The van der Waals surface area contributed by atoms with Gasteiger partial charge in [0.25, 0.3) is 0 Å². The van der Waals surface area contributed by atoms with Gasteiger partial charge in [0.2, 0.25) is 0 Å². The Labute approximate surface area is 193 Å². The number of ether oxygens (including phenoxy) is 2. The summed E-state index contributed by atoms with van der Waals surface area (Å²) in [4.78, 5) is 0. The molecule has 0 aliphatic heterocycles. The maximum Gasteiger partial charge on any atom is 0.178 e.